The number of nitrogens with zero attached hydrogens (tertiary/aromatic N) is 1. The van der Waals surface area contributed by atoms with Crippen LogP contribution in [0.2, 0.25) is 0 Å². The van der Waals surface area contributed by atoms with Crippen molar-refractivity contribution in [3.63, 3.8) is 0 Å². The molecule has 1 heterocycles. The van der Waals surface area contributed by atoms with Crippen LogP contribution >= 0.6 is 0 Å². The molecule has 0 spiro atoms. The zero-order chi connectivity index (χ0) is 13.9. The molecule has 2 fully saturated rings. The predicted molar refractivity (Wildman–Crippen MR) is 83.5 cm³/mol. The summed E-state index contributed by atoms with van der Waals surface area (Å²) in [5.41, 5.74) is 0.381. The topological polar surface area (TPSA) is 15.3 Å². The van der Waals surface area contributed by atoms with Crippen LogP contribution in [-0.4, -0.2) is 35.6 Å². The first-order chi connectivity index (χ1) is 9.14. The van der Waals surface area contributed by atoms with Crippen LogP contribution in [0, 0.1) is 5.92 Å². The van der Waals surface area contributed by atoms with Gasteiger partial charge in [-0.3, -0.25) is 4.90 Å². The van der Waals surface area contributed by atoms with Gasteiger partial charge >= 0.3 is 0 Å². The minimum absolute atomic E-state index is 0.381. The predicted octanol–water partition coefficient (Wildman–Crippen LogP) is 3.81. The number of hydrogen-bond donors (Lipinski definition) is 1. The largest absolute Gasteiger partial charge is 0.308 e. The second-order valence-electron chi connectivity index (χ2n) is 6.98. The number of hydrogen-bond acceptors (Lipinski definition) is 2. The standard InChI is InChI=1S/C17H34N2/c1-5-15-9-8-10-16(11-15)19-13-17(6-2,7-3)18-12-14(19)4/h14-16,18H,5-13H2,1-4H3. The molecule has 0 radical (unpaired) electrons. The van der Waals surface area contributed by atoms with E-state index in [-0.39, 0.29) is 0 Å². The Morgan fingerprint density at radius 2 is 1.89 bits per heavy atom. The van der Waals surface area contributed by atoms with Gasteiger partial charge in [0.1, 0.15) is 0 Å². The van der Waals surface area contributed by atoms with Crippen molar-refractivity contribution < 1.29 is 0 Å². The van der Waals surface area contributed by atoms with Crippen LogP contribution in [0.5, 0.6) is 0 Å². The fourth-order valence-electron chi connectivity index (χ4n) is 4.19. The van der Waals surface area contributed by atoms with E-state index in [0.29, 0.717) is 11.6 Å². The fraction of sp³-hybridized carbons (Fsp3) is 1.00. The van der Waals surface area contributed by atoms with Crippen LogP contribution in [0.15, 0.2) is 0 Å². The van der Waals surface area contributed by atoms with E-state index in [0.717, 1.165) is 12.0 Å². The van der Waals surface area contributed by atoms with Crippen LogP contribution in [0.4, 0.5) is 0 Å². The van der Waals surface area contributed by atoms with Crippen LogP contribution in [0.3, 0.4) is 0 Å². The molecular formula is C17H34N2. The maximum absolute atomic E-state index is 3.83. The molecule has 112 valence electrons. The first kappa shape index (κ1) is 15.3. The molecule has 1 aliphatic heterocycles. The number of rotatable bonds is 4. The van der Waals surface area contributed by atoms with E-state index in [2.05, 4.69) is 37.9 Å². The van der Waals surface area contributed by atoms with Crippen molar-refractivity contribution in [3.05, 3.63) is 0 Å². The summed E-state index contributed by atoms with van der Waals surface area (Å²) in [6.45, 7) is 11.9. The van der Waals surface area contributed by atoms with E-state index in [1.54, 1.807) is 0 Å². The Bertz CT molecular complexity index is 272. The van der Waals surface area contributed by atoms with Crippen LogP contribution in [0.1, 0.15) is 72.6 Å². The van der Waals surface area contributed by atoms with Gasteiger partial charge in [-0.1, -0.05) is 40.0 Å². The summed E-state index contributed by atoms with van der Waals surface area (Å²) in [7, 11) is 0. The molecule has 0 aromatic carbocycles. The minimum Gasteiger partial charge on any atom is -0.308 e. The van der Waals surface area contributed by atoms with Gasteiger partial charge in [-0.15, -0.1) is 0 Å². The van der Waals surface area contributed by atoms with Crippen molar-refractivity contribution in [2.24, 2.45) is 5.92 Å². The van der Waals surface area contributed by atoms with Gasteiger partial charge in [-0.2, -0.15) is 0 Å². The molecule has 1 aliphatic carbocycles. The third-order valence-corrected chi connectivity index (χ3v) is 5.98. The lowest BCUT2D eigenvalue weighted by Gasteiger charge is -2.51. The average molecular weight is 266 g/mol. The Kier molecular flexibility index (Phi) is 5.30. The molecule has 3 unspecified atom stereocenters. The van der Waals surface area contributed by atoms with E-state index < -0.39 is 0 Å². The Morgan fingerprint density at radius 3 is 2.53 bits per heavy atom. The van der Waals surface area contributed by atoms with E-state index >= 15 is 0 Å². The zero-order valence-corrected chi connectivity index (χ0v) is 13.5. The van der Waals surface area contributed by atoms with Crippen molar-refractivity contribution in [1.82, 2.24) is 10.2 Å². The Morgan fingerprint density at radius 1 is 1.16 bits per heavy atom. The van der Waals surface area contributed by atoms with Crippen molar-refractivity contribution in [3.8, 4) is 0 Å². The quantitative estimate of drug-likeness (QED) is 0.832. The SMILES string of the molecule is CCC1CCCC(N2CC(CC)(CC)NCC2C)C1. The lowest BCUT2D eigenvalue weighted by Crippen LogP contribution is -2.65. The highest BCUT2D eigenvalue weighted by Crippen LogP contribution is 2.33. The van der Waals surface area contributed by atoms with Gasteiger partial charge in [0.15, 0.2) is 0 Å². The summed E-state index contributed by atoms with van der Waals surface area (Å²) >= 11 is 0. The normalized spacial score (nSPS) is 36.3. The summed E-state index contributed by atoms with van der Waals surface area (Å²) in [6.07, 6.45) is 9.71. The third kappa shape index (κ3) is 3.33. The molecule has 0 bridgehead atoms. The molecule has 2 nitrogen and oxygen atoms in total. The van der Waals surface area contributed by atoms with Crippen LogP contribution in [-0.2, 0) is 0 Å². The monoisotopic (exact) mass is 266 g/mol. The van der Waals surface area contributed by atoms with E-state index in [1.807, 2.05) is 0 Å². The molecule has 0 aromatic heterocycles. The molecule has 2 heteroatoms. The third-order valence-electron chi connectivity index (χ3n) is 5.98. The maximum Gasteiger partial charge on any atom is 0.0304 e. The molecule has 2 aliphatic rings. The lowest BCUT2D eigenvalue weighted by molar-refractivity contribution is 0.0206. The zero-order valence-electron chi connectivity index (χ0n) is 13.5. The van der Waals surface area contributed by atoms with Gasteiger partial charge in [-0.25, -0.2) is 0 Å². The van der Waals surface area contributed by atoms with Gasteiger partial charge in [0, 0.05) is 30.7 Å². The summed E-state index contributed by atoms with van der Waals surface area (Å²) < 4.78 is 0. The number of piperazine rings is 1. The Balaban J connectivity index is 2.04. The summed E-state index contributed by atoms with van der Waals surface area (Å²) in [5, 5.41) is 3.83. The Hall–Kier alpha value is -0.0800. The molecule has 3 atom stereocenters. The molecule has 1 saturated heterocycles. The molecule has 1 saturated carbocycles. The second kappa shape index (κ2) is 6.58. The summed E-state index contributed by atoms with van der Waals surface area (Å²) in [4.78, 5) is 2.85. The maximum atomic E-state index is 3.83. The number of nitrogens with one attached hydrogen (secondary N) is 1. The highest BCUT2D eigenvalue weighted by Gasteiger charge is 2.39. The van der Waals surface area contributed by atoms with Gasteiger partial charge in [0.05, 0.1) is 0 Å². The van der Waals surface area contributed by atoms with Crippen molar-refractivity contribution in [2.45, 2.75) is 90.3 Å². The van der Waals surface area contributed by atoms with E-state index in [1.165, 1.54) is 58.0 Å². The molecular weight excluding hydrogens is 232 g/mol. The summed E-state index contributed by atoms with van der Waals surface area (Å²) in [6, 6.07) is 1.57. The molecule has 1 N–H and O–H groups in total. The molecule has 0 aromatic rings. The average Bonchev–Trinajstić information content (AvgIpc) is 2.48. The van der Waals surface area contributed by atoms with E-state index in [9.17, 15) is 0 Å². The van der Waals surface area contributed by atoms with Gasteiger partial charge in [0.25, 0.3) is 0 Å². The van der Waals surface area contributed by atoms with Gasteiger partial charge in [-0.05, 0) is 38.5 Å². The van der Waals surface area contributed by atoms with Crippen LogP contribution in [0.25, 0.3) is 0 Å². The smallest absolute Gasteiger partial charge is 0.0304 e. The Labute approximate surface area is 120 Å². The van der Waals surface area contributed by atoms with Crippen molar-refractivity contribution in [2.75, 3.05) is 13.1 Å². The lowest BCUT2D eigenvalue weighted by atomic mass is 9.81. The fourth-order valence-corrected chi connectivity index (χ4v) is 4.19. The highest BCUT2D eigenvalue weighted by molar-refractivity contribution is 4.98. The van der Waals surface area contributed by atoms with Crippen molar-refractivity contribution >= 4 is 0 Å². The first-order valence-corrected chi connectivity index (χ1v) is 8.64. The second-order valence-corrected chi connectivity index (χ2v) is 6.98. The highest BCUT2D eigenvalue weighted by atomic mass is 15.3. The molecule has 0 amide bonds. The van der Waals surface area contributed by atoms with Gasteiger partial charge in [0.2, 0.25) is 0 Å². The molecule has 19 heavy (non-hydrogen) atoms. The summed E-state index contributed by atoms with van der Waals surface area (Å²) in [5.74, 6) is 0.985. The van der Waals surface area contributed by atoms with E-state index in [4.69, 9.17) is 0 Å². The van der Waals surface area contributed by atoms with Crippen molar-refractivity contribution in [1.29, 1.82) is 0 Å². The van der Waals surface area contributed by atoms with Crippen LogP contribution < -0.4 is 5.32 Å². The first-order valence-electron chi connectivity index (χ1n) is 8.64. The minimum atomic E-state index is 0.381. The van der Waals surface area contributed by atoms with Gasteiger partial charge < -0.3 is 5.32 Å². The molecule has 2 rings (SSSR count).